The van der Waals surface area contributed by atoms with Crippen LogP contribution in [-0.2, 0) is 6.54 Å². The van der Waals surface area contributed by atoms with Crippen molar-refractivity contribution in [2.24, 2.45) is 16.8 Å². The quantitative estimate of drug-likeness (QED) is 0.476. The molecule has 0 aliphatic carbocycles. The Bertz CT molecular complexity index is 694. The van der Waals surface area contributed by atoms with Crippen LogP contribution in [0.15, 0.2) is 41.5 Å². The van der Waals surface area contributed by atoms with E-state index in [1.54, 1.807) is 0 Å². The van der Waals surface area contributed by atoms with Gasteiger partial charge in [-0.2, -0.15) is 0 Å². The van der Waals surface area contributed by atoms with Gasteiger partial charge in [0.1, 0.15) is 0 Å². The number of aliphatic hydroxyl groups is 1. The predicted octanol–water partition coefficient (Wildman–Crippen LogP) is 3.33. The van der Waals surface area contributed by atoms with E-state index < -0.39 is 0 Å². The standard InChI is InChI=1S/C21H32N4O/c1-4-22-21(24-14-17(10-12-26)13-16(2)3)25-15-20-19-8-6-5-7-18(19)9-11-23-20/h5-9,11,16-17,26H,4,10,12-15H2,1-3H3,(H2,22,24,25). The van der Waals surface area contributed by atoms with E-state index in [4.69, 9.17) is 4.99 Å². The van der Waals surface area contributed by atoms with E-state index in [-0.39, 0.29) is 6.61 Å². The van der Waals surface area contributed by atoms with Crippen molar-refractivity contribution in [2.45, 2.75) is 40.2 Å². The third-order valence-corrected chi connectivity index (χ3v) is 4.39. The number of aliphatic imine (C=N–C) groups is 1. The van der Waals surface area contributed by atoms with Gasteiger partial charge >= 0.3 is 0 Å². The SMILES string of the molecule is CCNC(=NCc1nccc2ccccc12)NCC(CCO)CC(C)C. The summed E-state index contributed by atoms with van der Waals surface area (Å²) in [7, 11) is 0. The fourth-order valence-corrected chi connectivity index (χ4v) is 3.20. The van der Waals surface area contributed by atoms with Crippen LogP contribution < -0.4 is 10.6 Å². The minimum absolute atomic E-state index is 0.229. The van der Waals surface area contributed by atoms with Crippen molar-refractivity contribution in [1.29, 1.82) is 0 Å². The average molecular weight is 357 g/mol. The van der Waals surface area contributed by atoms with Gasteiger partial charge < -0.3 is 15.7 Å². The Morgan fingerprint density at radius 2 is 2.00 bits per heavy atom. The maximum absolute atomic E-state index is 9.29. The average Bonchev–Trinajstić information content (AvgIpc) is 2.63. The van der Waals surface area contributed by atoms with Gasteiger partial charge in [0.2, 0.25) is 0 Å². The minimum atomic E-state index is 0.229. The second-order valence-electron chi connectivity index (χ2n) is 7.06. The summed E-state index contributed by atoms with van der Waals surface area (Å²) in [6.45, 7) is 8.88. The molecule has 142 valence electrons. The molecule has 5 heteroatoms. The molecule has 2 aromatic rings. The summed E-state index contributed by atoms with van der Waals surface area (Å²) < 4.78 is 0. The molecule has 0 bridgehead atoms. The summed E-state index contributed by atoms with van der Waals surface area (Å²) in [4.78, 5) is 9.22. The molecular weight excluding hydrogens is 324 g/mol. The van der Waals surface area contributed by atoms with E-state index in [2.05, 4.69) is 48.5 Å². The molecule has 0 amide bonds. The van der Waals surface area contributed by atoms with Gasteiger partial charge in [-0.3, -0.25) is 4.98 Å². The largest absolute Gasteiger partial charge is 0.396 e. The molecule has 0 radical (unpaired) electrons. The van der Waals surface area contributed by atoms with Gasteiger partial charge in [0.15, 0.2) is 5.96 Å². The van der Waals surface area contributed by atoms with Crippen LogP contribution in [0.2, 0.25) is 0 Å². The van der Waals surface area contributed by atoms with Crippen molar-refractivity contribution in [2.75, 3.05) is 19.7 Å². The zero-order valence-corrected chi connectivity index (χ0v) is 16.2. The molecule has 0 fully saturated rings. The molecule has 0 saturated heterocycles. The van der Waals surface area contributed by atoms with Crippen LogP contribution in [0.3, 0.4) is 0 Å². The van der Waals surface area contributed by atoms with Crippen LogP contribution in [0.4, 0.5) is 0 Å². The van der Waals surface area contributed by atoms with Crippen LogP contribution in [0.1, 0.15) is 39.3 Å². The summed E-state index contributed by atoms with van der Waals surface area (Å²) in [6, 6.07) is 10.3. The lowest BCUT2D eigenvalue weighted by Gasteiger charge is -2.20. The van der Waals surface area contributed by atoms with E-state index in [1.165, 1.54) is 5.39 Å². The summed E-state index contributed by atoms with van der Waals surface area (Å²) in [5.74, 6) is 1.86. The molecule has 1 atom stereocenters. The van der Waals surface area contributed by atoms with Gasteiger partial charge in [-0.15, -0.1) is 0 Å². The number of aromatic nitrogens is 1. The fourth-order valence-electron chi connectivity index (χ4n) is 3.20. The van der Waals surface area contributed by atoms with E-state index >= 15 is 0 Å². The van der Waals surface area contributed by atoms with Crippen molar-refractivity contribution in [3.8, 4) is 0 Å². The Kier molecular flexibility index (Phi) is 8.35. The smallest absolute Gasteiger partial charge is 0.191 e. The number of nitrogens with zero attached hydrogens (tertiary/aromatic N) is 2. The highest BCUT2D eigenvalue weighted by molar-refractivity contribution is 5.85. The Morgan fingerprint density at radius 1 is 1.19 bits per heavy atom. The van der Waals surface area contributed by atoms with E-state index in [0.29, 0.717) is 18.4 Å². The maximum atomic E-state index is 9.29. The molecule has 1 aromatic heterocycles. The normalized spacial score (nSPS) is 13.2. The molecule has 0 aliphatic rings. The molecular formula is C21H32N4O. The van der Waals surface area contributed by atoms with Gasteiger partial charge in [0, 0.05) is 31.3 Å². The van der Waals surface area contributed by atoms with Crippen molar-refractivity contribution < 1.29 is 5.11 Å². The third-order valence-electron chi connectivity index (χ3n) is 4.39. The zero-order valence-electron chi connectivity index (χ0n) is 16.2. The molecule has 1 heterocycles. The first-order valence-corrected chi connectivity index (χ1v) is 9.59. The maximum Gasteiger partial charge on any atom is 0.191 e. The molecule has 2 rings (SSSR count). The molecule has 26 heavy (non-hydrogen) atoms. The van der Waals surface area contributed by atoms with Gasteiger partial charge in [0.05, 0.1) is 12.2 Å². The van der Waals surface area contributed by atoms with Crippen molar-refractivity contribution in [1.82, 2.24) is 15.6 Å². The first-order chi connectivity index (χ1) is 12.6. The van der Waals surface area contributed by atoms with Crippen molar-refractivity contribution in [3.63, 3.8) is 0 Å². The number of aliphatic hydroxyl groups excluding tert-OH is 1. The molecule has 3 N–H and O–H groups in total. The number of benzene rings is 1. The number of nitrogens with one attached hydrogen (secondary N) is 2. The van der Waals surface area contributed by atoms with Gasteiger partial charge in [-0.05, 0) is 43.1 Å². The van der Waals surface area contributed by atoms with Gasteiger partial charge in [-0.25, -0.2) is 4.99 Å². The lowest BCUT2D eigenvalue weighted by molar-refractivity contribution is 0.243. The first-order valence-electron chi connectivity index (χ1n) is 9.59. The highest BCUT2D eigenvalue weighted by Gasteiger charge is 2.11. The van der Waals surface area contributed by atoms with E-state index in [1.807, 2.05) is 24.4 Å². The van der Waals surface area contributed by atoms with E-state index in [0.717, 1.165) is 43.0 Å². The Balaban J connectivity index is 2.05. The molecule has 0 aliphatic heterocycles. The lowest BCUT2D eigenvalue weighted by Crippen LogP contribution is -2.40. The second kappa shape index (κ2) is 10.8. The van der Waals surface area contributed by atoms with E-state index in [9.17, 15) is 5.11 Å². The number of hydrogen-bond acceptors (Lipinski definition) is 3. The van der Waals surface area contributed by atoms with Crippen molar-refractivity contribution >= 4 is 16.7 Å². The van der Waals surface area contributed by atoms with Crippen LogP contribution in [-0.4, -0.2) is 35.7 Å². The van der Waals surface area contributed by atoms with Crippen LogP contribution in [0.25, 0.3) is 10.8 Å². The first kappa shape index (κ1) is 20.2. The Morgan fingerprint density at radius 3 is 2.73 bits per heavy atom. The monoisotopic (exact) mass is 356 g/mol. The number of hydrogen-bond donors (Lipinski definition) is 3. The summed E-state index contributed by atoms with van der Waals surface area (Å²) in [6.07, 6.45) is 3.75. The lowest BCUT2D eigenvalue weighted by atomic mass is 9.94. The summed E-state index contributed by atoms with van der Waals surface area (Å²) in [5, 5.41) is 18.4. The molecule has 0 spiro atoms. The van der Waals surface area contributed by atoms with Crippen LogP contribution in [0.5, 0.6) is 0 Å². The van der Waals surface area contributed by atoms with Crippen LogP contribution >= 0.6 is 0 Å². The minimum Gasteiger partial charge on any atom is -0.396 e. The third kappa shape index (κ3) is 6.30. The predicted molar refractivity (Wildman–Crippen MR) is 109 cm³/mol. The fraction of sp³-hybridized carbons (Fsp3) is 0.524. The van der Waals surface area contributed by atoms with Gasteiger partial charge in [-0.1, -0.05) is 38.1 Å². The van der Waals surface area contributed by atoms with Gasteiger partial charge in [0.25, 0.3) is 0 Å². The topological polar surface area (TPSA) is 69.5 Å². The van der Waals surface area contributed by atoms with Crippen LogP contribution in [0, 0.1) is 11.8 Å². The highest BCUT2D eigenvalue weighted by Crippen LogP contribution is 2.17. The number of guanidine groups is 1. The molecule has 1 unspecified atom stereocenters. The van der Waals surface area contributed by atoms with Crippen molar-refractivity contribution in [3.05, 3.63) is 42.2 Å². The summed E-state index contributed by atoms with van der Waals surface area (Å²) in [5.41, 5.74) is 0.981. The number of pyridine rings is 1. The summed E-state index contributed by atoms with van der Waals surface area (Å²) >= 11 is 0. The number of rotatable bonds is 9. The molecule has 5 nitrogen and oxygen atoms in total. The highest BCUT2D eigenvalue weighted by atomic mass is 16.3. The molecule has 1 aromatic carbocycles. The Labute approximate surface area is 157 Å². The Hall–Kier alpha value is -2.14. The number of fused-ring (bicyclic) bond motifs is 1. The second-order valence-corrected chi connectivity index (χ2v) is 7.06. The molecule has 0 saturated carbocycles. The zero-order chi connectivity index (χ0) is 18.8.